The number of hydrogen-bond donors (Lipinski definition) is 2. The summed E-state index contributed by atoms with van der Waals surface area (Å²) in [6.07, 6.45) is 1.08. The Balaban J connectivity index is 1.74. The fourth-order valence-corrected chi connectivity index (χ4v) is 4.07. The third-order valence-electron chi connectivity index (χ3n) is 4.63. The predicted octanol–water partition coefficient (Wildman–Crippen LogP) is 3.73. The van der Waals surface area contributed by atoms with Crippen LogP contribution in [-0.4, -0.2) is 41.3 Å². The molecular formula is C20H21NO4S. The van der Waals surface area contributed by atoms with Crippen molar-refractivity contribution in [2.45, 2.75) is 18.4 Å². The Bertz CT molecular complexity index is 793. The van der Waals surface area contributed by atoms with E-state index in [9.17, 15) is 14.7 Å². The molecule has 2 N–H and O–H groups in total. The highest BCUT2D eigenvalue weighted by Crippen LogP contribution is 2.44. The summed E-state index contributed by atoms with van der Waals surface area (Å²) < 4.78 is 5.41. The van der Waals surface area contributed by atoms with E-state index < -0.39 is 17.6 Å². The Morgan fingerprint density at radius 3 is 2.15 bits per heavy atom. The summed E-state index contributed by atoms with van der Waals surface area (Å²) in [5, 5.41) is 11.9. The molecule has 0 spiro atoms. The minimum atomic E-state index is -1.36. The maximum Gasteiger partial charge on any atom is 0.408 e. The van der Waals surface area contributed by atoms with Gasteiger partial charge in [-0.15, -0.1) is 0 Å². The van der Waals surface area contributed by atoms with E-state index in [1.54, 1.807) is 6.26 Å². The number of carbonyl (C=O) groups is 2. The second kappa shape index (κ2) is 7.41. The molecule has 3 rings (SSSR count). The predicted molar refractivity (Wildman–Crippen MR) is 103 cm³/mol. The van der Waals surface area contributed by atoms with E-state index in [0.717, 1.165) is 22.3 Å². The number of carboxylic acids is 1. The number of thioether (sulfide) groups is 1. The molecule has 136 valence electrons. The maximum atomic E-state index is 12.2. The van der Waals surface area contributed by atoms with E-state index in [2.05, 4.69) is 17.4 Å². The van der Waals surface area contributed by atoms with Crippen molar-refractivity contribution in [1.82, 2.24) is 5.32 Å². The third kappa shape index (κ3) is 3.42. The zero-order valence-electron chi connectivity index (χ0n) is 14.7. The number of amides is 1. The van der Waals surface area contributed by atoms with Crippen LogP contribution in [0.2, 0.25) is 0 Å². The normalized spacial score (nSPS) is 14.8. The lowest BCUT2D eigenvalue weighted by Crippen LogP contribution is -2.54. The van der Waals surface area contributed by atoms with Gasteiger partial charge in [0.1, 0.15) is 12.1 Å². The summed E-state index contributed by atoms with van der Waals surface area (Å²) in [5.74, 6) is -0.878. The van der Waals surface area contributed by atoms with Crippen molar-refractivity contribution >= 4 is 23.8 Å². The summed E-state index contributed by atoms with van der Waals surface area (Å²) in [4.78, 5) is 23.7. The number of carbonyl (C=O) groups excluding carboxylic acids is 1. The van der Waals surface area contributed by atoms with E-state index in [4.69, 9.17) is 4.74 Å². The summed E-state index contributed by atoms with van der Waals surface area (Å²) in [7, 11) is 0. The van der Waals surface area contributed by atoms with Crippen molar-refractivity contribution in [3.63, 3.8) is 0 Å². The fourth-order valence-electron chi connectivity index (χ4n) is 3.30. The third-order valence-corrected chi connectivity index (χ3v) is 5.49. The van der Waals surface area contributed by atoms with Gasteiger partial charge in [-0.1, -0.05) is 48.5 Å². The van der Waals surface area contributed by atoms with Gasteiger partial charge < -0.3 is 15.2 Å². The molecule has 0 saturated carbocycles. The second-order valence-electron chi connectivity index (χ2n) is 6.52. The number of rotatable bonds is 6. The minimum Gasteiger partial charge on any atom is -0.479 e. The Labute approximate surface area is 156 Å². The Morgan fingerprint density at radius 2 is 1.65 bits per heavy atom. The first-order valence-electron chi connectivity index (χ1n) is 8.32. The Hall–Kier alpha value is -2.47. The highest BCUT2D eigenvalue weighted by Gasteiger charge is 2.36. The molecule has 5 nitrogen and oxygen atoms in total. The van der Waals surface area contributed by atoms with Gasteiger partial charge in [-0.05, 0) is 35.4 Å². The molecule has 2 aromatic rings. The van der Waals surface area contributed by atoms with E-state index in [0.29, 0.717) is 0 Å². The van der Waals surface area contributed by atoms with E-state index in [1.807, 2.05) is 36.4 Å². The molecule has 26 heavy (non-hydrogen) atoms. The van der Waals surface area contributed by atoms with Crippen molar-refractivity contribution in [3.05, 3.63) is 59.7 Å². The summed E-state index contributed by atoms with van der Waals surface area (Å²) in [6.45, 7) is 1.64. The molecule has 1 atom stereocenters. The molecule has 1 aliphatic carbocycles. The molecule has 0 unspecified atom stereocenters. The van der Waals surface area contributed by atoms with Crippen LogP contribution in [0.1, 0.15) is 24.0 Å². The molecule has 0 aliphatic heterocycles. The SMILES string of the molecule is CSC[C@@](C)(NC(=O)OCC1c2ccccc2-c2ccccc21)C(=O)O. The number of nitrogens with one attached hydrogen (secondary N) is 1. The number of benzene rings is 2. The van der Waals surface area contributed by atoms with Gasteiger partial charge in [-0.25, -0.2) is 9.59 Å². The van der Waals surface area contributed by atoms with E-state index >= 15 is 0 Å². The van der Waals surface area contributed by atoms with Crippen LogP contribution >= 0.6 is 11.8 Å². The first-order valence-corrected chi connectivity index (χ1v) is 9.71. The molecule has 2 aromatic carbocycles. The average molecular weight is 371 g/mol. The first-order chi connectivity index (χ1) is 12.5. The Morgan fingerprint density at radius 1 is 1.12 bits per heavy atom. The van der Waals surface area contributed by atoms with Crippen LogP contribution in [0.15, 0.2) is 48.5 Å². The number of carboxylic acid groups (broad SMARTS) is 1. The summed E-state index contributed by atoms with van der Waals surface area (Å²) in [6, 6.07) is 16.1. The van der Waals surface area contributed by atoms with Crippen molar-refractivity contribution < 1.29 is 19.4 Å². The van der Waals surface area contributed by atoms with Gasteiger partial charge in [-0.2, -0.15) is 11.8 Å². The molecule has 0 heterocycles. The van der Waals surface area contributed by atoms with Gasteiger partial charge in [-0.3, -0.25) is 0 Å². The Kier molecular flexibility index (Phi) is 5.23. The van der Waals surface area contributed by atoms with Crippen LogP contribution in [0.3, 0.4) is 0 Å². The molecule has 0 saturated heterocycles. The molecule has 0 aromatic heterocycles. The van der Waals surface area contributed by atoms with Gasteiger partial charge in [0.25, 0.3) is 0 Å². The largest absolute Gasteiger partial charge is 0.479 e. The highest BCUT2D eigenvalue weighted by molar-refractivity contribution is 7.98. The van der Waals surface area contributed by atoms with Crippen molar-refractivity contribution in [2.75, 3.05) is 18.6 Å². The molecular weight excluding hydrogens is 350 g/mol. The van der Waals surface area contributed by atoms with Crippen molar-refractivity contribution in [2.24, 2.45) is 0 Å². The van der Waals surface area contributed by atoms with Gasteiger partial charge in [0.05, 0.1) is 0 Å². The van der Waals surface area contributed by atoms with Crippen LogP contribution in [0.5, 0.6) is 0 Å². The second-order valence-corrected chi connectivity index (χ2v) is 7.39. The van der Waals surface area contributed by atoms with Gasteiger partial charge in [0, 0.05) is 11.7 Å². The van der Waals surface area contributed by atoms with Crippen LogP contribution in [0.4, 0.5) is 4.79 Å². The lowest BCUT2D eigenvalue weighted by atomic mass is 9.98. The average Bonchev–Trinajstić information content (AvgIpc) is 2.94. The monoisotopic (exact) mass is 371 g/mol. The molecule has 0 radical (unpaired) electrons. The lowest BCUT2D eigenvalue weighted by Gasteiger charge is -2.25. The summed E-state index contributed by atoms with van der Waals surface area (Å²) >= 11 is 1.35. The minimum absolute atomic E-state index is 0.0511. The van der Waals surface area contributed by atoms with Crippen molar-refractivity contribution in [3.8, 4) is 11.1 Å². The topological polar surface area (TPSA) is 75.6 Å². The number of aliphatic carboxylic acids is 1. The number of fused-ring (bicyclic) bond motifs is 3. The molecule has 0 fully saturated rings. The quantitative estimate of drug-likeness (QED) is 0.809. The van der Waals surface area contributed by atoms with Gasteiger partial charge in [0.2, 0.25) is 0 Å². The smallest absolute Gasteiger partial charge is 0.408 e. The van der Waals surface area contributed by atoms with Crippen LogP contribution in [-0.2, 0) is 9.53 Å². The summed E-state index contributed by atoms with van der Waals surface area (Å²) in [5.41, 5.74) is 3.17. The van der Waals surface area contributed by atoms with Crippen LogP contribution in [0, 0.1) is 0 Å². The highest BCUT2D eigenvalue weighted by atomic mass is 32.2. The van der Waals surface area contributed by atoms with E-state index in [1.165, 1.54) is 18.7 Å². The molecule has 6 heteroatoms. The first kappa shape index (κ1) is 18.3. The number of ether oxygens (including phenoxy) is 1. The fraction of sp³-hybridized carbons (Fsp3) is 0.300. The van der Waals surface area contributed by atoms with Crippen LogP contribution < -0.4 is 5.32 Å². The maximum absolute atomic E-state index is 12.2. The molecule has 1 amide bonds. The number of alkyl carbamates (subject to hydrolysis) is 1. The van der Waals surface area contributed by atoms with Crippen molar-refractivity contribution in [1.29, 1.82) is 0 Å². The van der Waals surface area contributed by atoms with E-state index in [-0.39, 0.29) is 18.3 Å². The number of hydrogen-bond acceptors (Lipinski definition) is 4. The standard InChI is InChI=1S/C20H21NO4S/c1-20(12-26-2,18(22)23)21-19(24)25-11-17-15-9-5-3-7-13(15)14-8-4-6-10-16(14)17/h3-10,17H,11-12H2,1-2H3,(H,21,24)(H,22,23)/t20-/m1/s1. The van der Waals surface area contributed by atoms with Gasteiger partial charge in [0.15, 0.2) is 0 Å². The lowest BCUT2D eigenvalue weighted by molar-refractivity contribution is -0.142. The van der Waals surface area contributed by atoms with Gasteiger partial charge >= 0.3 is 12.1 Å². The molecule has 0 bridgehead atoms. The zero-order chi connectivity index (χ0) is 18.7. The molecule has 1 aliphatic rings. The zero-order valence-corrected chi connectivity index (χ0v) is 15.5. The van der Waals surface area contributed by atoms with Crippen LogP contribution in [0.25, 0.3) is 11.1 Å².